The van der Waals surface area contributed by atoms with Crippen LogP contribution in [0.1, 0.15) is 0 Å². The number of imidazole rings is 1. The van der Waals surface area contributed by atoms with Gasteiger partial charge in [-0.25, -0.2) is 4.98 Å². The van der Waals surface area contributed by atoms with Crippen molar-refractivity contribution in [3.63, 3.8) is 0 Å². The quantitative estimate of drug-likeness (QED) is 0.128. The molecule has 0 aliphatic carbocycles. The zero-order valence-corrected chi connectivity index (χ0v) is 33.7. The van der Waals surface area contributed by atoms with Gasteiger partial charge < -0.3 is 27.6 Å². The molecule has 0 saturated carbocycles. The van der Waals surface area contributed by atoms with Crippen LogP contribution in [-0.4, -0.2) is 23.3 Å². The normalized spacial score (nSPS) is 11.8. The molecular weight excluding hydrogens is 896 g/mol. The van der Waals surface area contributed by atoms with E-state index in [4.69, 9.17) is 9.72 Å². The number of rotatable bonds is 5. The van der Waals surface area contributed by atoms with Crippen LogP contribution in [-0.2, 0) is 35.2 Å². The van der Waals surface area contributed by atoms with E-state index in [1.54, 1.807) is 0 Å². The summed E-state index contributed by atoms with van der Waals surface area (Å²) < 4.78 is 17.7. The Balaban J connectivity index is 0.00000385. The molecule has 0 saturated heterocycles. The van der Waals surface area contributed by atoms with Crippen LogP contribution < -0.4 is 9.30 Å². The van der Waals surface area contributed by atoms with E-state index < -0.39 is 0 Å². The van der Waals surface area contributed by atoms with E-state index in [2.05, 4.69) is 142 Å². The molecular formula is C50H32N6OPt-2. The predicted molar refractivity (Wildman–Crippen MR) is 228 cm³/mol. The monoisotopic (exact) mass is 927 g/mol. The third-order valence-corrected chi connectivity index (χ3v) is 11.4. The van der Waals surface area contributed by atoms with Crippen molar-refractivity contribution >= 4 is 76.5 Å². The van der Waals surface area contributed by atoms with Crippen molar-refractivity contribution in [3.8, 4) is 28.7 Å². The number of fused-ring (bicyclic) bond motifs is 13. The number of pyridine rings is 1. The Bertz CT molecular complexity index is 3580. The van der Waals surface area contributed by atoms with Crippen LogP contribution >= 0.6 is 0 Å². The number of ether oxygens (including phenoxy) is 1. The van der Waals surface area contributed by atoms with Crippen molar-refractivity contribution in [2.45, 2.75) is 0 Å². The van der Waals surface area contributed by atoms with Gasteiger partial charge in [0, 0.05) is 84.1 Å². The Hall–Kier alpha value is -6.95. The van der Waals surface area contributed by atoms with E-state index in [0.717, 1.165) is 72.0 Å². The second kappa shape index (κ2) is 13.1. The Kier molecular flexibility index (Phi) is 7.72. The van der Waals surface area contributed by atoms with E-state index in [1.807, 2.05) is 70.9 Å². The summed E-state index contributed by atoms with van der Waals surface area (Å²) in [5, 5.41) is 6.96. The van der Waals surface area contributed by atoms with Crippen LogP contribution in [0.15, 0.2) is 158 Å². The number of para-hydroxylation sites is 5. The van der Waals surface area contributed by atoms with E-state index in [-0.39, 0.29) is 21.1 Å². The summed E-state index contributed by atoms with van der Waals surface area (Å²) >= 11 is 0. The zero-order valence-electron chi connectivity index (χ0n) is 31.4. The van der Waals surface area contributed by atoms with E-state index in [9.17, 15) is 0 Å². The SMILES string of the molecule is Cn1[c-][n+](-c2[c-]c(Oc3[c-]c4c(cc3)c3c5c(c6ccccc6n5C)c5c(c6ccccc6n5-c5ccccc5)c3n4-c3ccccn3)ccc2)c2ccccc21.[Pt]. The molecule has 0 fully saturated rings. The summed E-state index contributed by atoms with van der Waals surface area (Å²) in [5.74, 6) is 1.97. The third kappa shape index (κ3) is 4.83. The van der Waals surface area contributed by atoms with Crippen LogP contribution in [0.4, 0.5) is 0 Å². The van der Waals surface area contributed by atoms with E-state index in [1.165, 1.54) is 21.7 Å². The number of hydrogen-bond acceptors (Lipinski definition) is 2. The molecule has 0 spiro atoms. The molecule has 0 aliphatic heterocycles. The van der Waals surface area contributed by atoms with Gasteiger partial charge in [-0.2, -0.15) is 18.2 Å². The van der Waals surface area contributed by atoms with Gasteiger partial charge in [0.1, 0.15) is 5.82 Å². The van der Waals surface area contributed by atoms with Crippen molar-refractivity contribution in [1.82, 2.24) is 23.3 Å². The van der Waals surface area contributed by atoms with Crippen LogP contribution in [0.3, 0.4) is 0 Å². The zero-order chi connectivity index (χ0) is 37.8. The van der Waals surface area contributed by atoms with Crippen LogP contribution in [0, 0.1) is 18.5 Å². The first-order valence-corrected chi connectivity index (χ1v) is 19.0. The Morgan fingerprint density at radius 2 is 1.19 bits per heavy atom. The molecule has 7 nitrogen and oxygen atoms in total. The average Bonchev–Trinajstić information content (AvgIpc) is 3.98. The maximum absolute atomic E-state index is 6.65. The number of aromatic nitrogens is 6. The predicted octanol–water partition coefficient (Wildman–Crippen LogP) is 10.9. The Morgan fingerprint density at radius 3 is 2.00 bits per heavy atom. The Morgan fingerprint density at radius 1 is 0.534 bits per heavy atom. The second-order valence-corrected chi connectivity index (χ2v) is 14.5. The van der Waals surface area contributed by atoms with Gasteiger partial charge >= 0.3 is 0 Å². The third-order valence-electron chi connectivity index (χ3n) is 11.4. The van der Waals surface area contributed by atoms with Crippen molar-refractivity contribution < 1.29 is 30.4 Å². The van der Waals surface area contributed by atoms with Crippen molar-refractivity contribution in [3.05, 3.63) is 176 Å². The largest absolute Gasteiger partial charge is 0.510 e. The summed E-state index contributed by atoms with van der Waals surface area (Å²) in [6, 6.07) is 59.9. The standard InChI is InChI=1S/C50H32N6O.Pt/c1-52-31-54(42-24-11-10-23-41(42)52)33-17-14-18-34(29-33)57-35-26-27-38-43(30-35)56(44-25-12-13-28-51-44)50-46(38)48-45(36-19-6-8-21-39(36)53(48)2)49-47(50)37-20-7-9-22-40(37)55(49)32-15-4-3-5-16-32;/h3-28H,1-2H3;/q-2;. The Labute approximate surface area is 347 Å². The topological polar surface area (TPSA) is 45.7 Å². The number of hydrogen-bond donors (Lipinski definition) is 0. The molecule has 8 heteroatoms. The molecule has 5 heterocycles. The van der Waals surface area contributed by atoms with Crippen molar-refractivity contribution in [1.29, 1.82) is 0 Å². The molecule has 0 radical (unpaired) electrons. The average molecular weight is 928 g/mol. The van der Waals surface area contributed by atoms with Gasteiger partial charge in [0.15, 0.2) is 0 Å². The number of nitrogens with zero attached hydrogens (tertiary/aromatic N) is 6. The molecule has 0 amide bonds. The molecule has 280 valence electrons. The molecule has 0 aliphatic rings. The smallest absolute Gasteiger partial charge is 0.242 e. The van der Waals surface area contributed by atoms with Crippen LogP contribution in [0.2, 0.25) is 0 Å². The molecule has 12 aromatic rings. The molecule has 5 aromatic heterocycles. The molecule has 7 aromatic carbocycles. The maximum Gasteiger partial charge on any atom is 0.242 e. The minimum atomic E-state index is 0. The fraction of sp³-hybridized carbons (Fsp3) is 0.0400. The first kappa shape index (κ1) is 34.3. The van der Waals surface area contributed by atoms with Gasteiger partial charge in [-0.1, -0.05) is 102 Å². The minimum Gasteiger partial charge on any atom is -0.510 e. The van der Waals surface area contributed by atoms with E-state index >= 15 is 0 Å². The molecule has 58 heavy (non-hydrogen) atoms. The van der Waals surface area contributed by atoms with Crippen molar-refractivity contribution in [2.75, 3.05) is 0 Å². The fourth-order valence-electron chi connectivity index (χ4n) is 9.05. The first-order chi connectivity index (χ1) is 28.1. The molecule has 12 rings (SSSR count). The first-order valence-electron chi connectivity index (χ1n) is 19.0. The van der Waals surface area contributed by atoms with Gasteiger partial charge in [0.25, 0.3) is 0 Å². The van der Waals surface area contributed by atoms with Crippen LogP contribution in [0.25, 0.3) is 93.6 Å². The van der Waals surface area contributed by atoms with Crippen molar-refractivity contribution in [2.24, 2.45) is 14.1 Å². The summed E-state index contributed by atoms with van der Waals surface area (Å²) in [6.45, 7) is 0. The molecule has 0 unspecified atom stereocenters. The van der Waals surface area contributed by atoms with Gasteiger partial charge in [-0.3, -0.25) is 0 Å². The van der Waals surface area contributed by atoms with Crippen LogP contribution in [0.5, 0.6) is 11.5 Å². The van der Waals surface area contributed by atoms with Gasteiger partial charge in [0.2, 0.25) is 6.33 Å². The summed E-state index contributed by atoms with van der Waals surface area (Å²) in [7, 11) is 4.19. The van der Waals surface area contributed by atoms with E-state index in [0.29, 0.717) is 11.5 Å². The number of aryl methyl sites for hydroxylation is 2. The molecule has 0 bridgehead atoms. The van der Waals surface area contributed by atoms with Gasteiger partial charge in [-0.05, 0) is 41.8 Å². The van der Waals surface area contributed by atoms with Gasteiger partial charge in [0.05, 0.1) is 34.6 Å². The van der Waals surface area contributed by atoms with Gasteiger partial charge in [-0.15, -0.1) is 24.3 Å². The number of benzene rings is 7. The molecule has 0 N–H and O–H groups in total. The fourth-order valence-corrected chi connectivity index (χ4v) is 9.05. The molecule has 0 atom stereocenters. The maximum atomic E-state index is 6.65. The summed E-state index contributed by atoms with van der Waals surface area (Å²) in [4.78, 5) is 4.98. The summed E-state index contributed by atoms with van der Waals surface area (Å²) in [5.41, 5.74) is 10.7. The minimum absolute atomic E-state index is 0. The second-order valence-electron chi connectivity index (χ2n) is 14.5. The summed E-state index contributed by atoms with van der Waals surface area (Å²) in [6.07, 6.45) is 5.27.